The van der Waals surface area contributed by atoms with Gasteiger partial charge in [0.1, 0.15) is 0 Å². The Labute approximate surface area is 235 Å². The summed E-state index contributed by atoms with van der Waals surface area (Å²) in [6.07, 6.45) is 4.79. The third-order valence-corrected chi connectivity index (χ3v) is 9.24. The third kappa shape index (κ3) is 15.1. The molecule has 0 spiro atoms. The second kappa shape index (κ2) is 18.6. The zero-order chi connectivity index (χ0) is 28.6. The highest BCUT2D eigenvalue weighted by Crippen LogP contribution is 2.38. The van der Waals surface area contributed by atoms with Gasteiger partial charge in [0.15, 0.2) is 0 Å². The van der Waals surface area contributed by atoms with E-state index in [1.165, 1.54) is 0 Å². The van der Waals surface area contributed by atoms with E-state index in [-0.39, 0.29) is 30.8 Å². The fraction of sp³-hybridized carbons (Fsp3) is 0.846. The first kappa shape index (κ1) is 34.4. The second-order valence-corrected chi connectivity index (χ2v) is 13.1. The van der Waals surface area contributed by atoms with Crippen molar-refractivity contribution >= 4 is 45.7 Å². The highest BCUT2D eigenvalue weighted by molar-refractivity contribution is 8.77. The summed E-state index contributed by atoms with van der Waals surface area (Å²) in [5.41, 5.74) is -0.416. The number of nitrogens with one attached hydrogen (secondary N) is 1. The van der Waals surface area contributed by atoms with E-state index in [9.17, 15) is 19.2 Å². The molecule has 0 aliphatic carbocycles. The number of nitrogens with zero attached hydrogens (tertiary/aromatic N) is 1. The lowest BCUT2D eigenvalue weighted by molar-refractivity contribution is -0.177. The number of carbonyl (C=O) groups is 4. The first-order valence-electron chi connectivity index (χ1n) is 13.6. The van der Waals surface area contributed by atoms with Crippen LogP contribution in [-0.2, 0) is 28.6 Å². The molecular weight excluding hydrogens is 532 g/mol. The molecule has 1 aliphatic rings. The summed E-state index contributed by atoms with van der Waals surface area (Å²) in [7, 11) is 3.53. The lowest BCUT2D eigenvalue weighted by Crippen LogP contribution is -2.44. The van der Waals surface area contributed by atoms with Crippen molar-refractivity contribution in [1.82, 2.24) is 10.4 Å². The fourth-order valence-corrected chi connectivity index (χ4v) is 6.98. The normalized spacial score (nSPS) is 15.5. The molecule has 1 fully saturated rings. The van der Waals surface area contributed by atoms with Crippen LogP contribution in [0.5, 0.6) is 0 Å². The van der Waals surface area contributed by atoms with Crippen LogP contribution in [0.2, 0.25) is 0 Å². The average Bonchev–Trinajstić information content (AvgIpc) is 3.13. The van der Waals surface area contributed by atoms with Gasteiger partial charge in [-0.3, -0.25) is 14.4 Å². The van der Waals surface area contributed by atoms with E-state index < -0.39 is 29.6 Å². The summed E-state index contributed by atoms with van der Waals surface area (Å²) in [4.78, 5) is 52.0. The van der Waals surface area contributed by atoms with Gasteiger partial charge in [-0.15, -0.1) is 0 Å². The Hall–Kier alpha value is -1.66. The van der Waals surface area contributed by atoms with Crippen molar-refractivity contribution in [1.29, 1.82) is 0 Å². The highest BCUT2D eigenvalue weighted by Gasteiger charge is 2.33. The minimum atomic E-state index is -1.04. The van der Waals surface area contributed by atoms with Crippen molar-refractivity contribution in [2.45, 2.75) is 121 Å². The molecule has 0 aromatic rings. The number of amides is 3. The van der Waals surface area contributed by atoms with Crippen molar-refractivity contribution in [3.63, 3.8) is 0 Å². The van der Waals surface area contributed by atoms with E-state index in [0.717, 1.165) is 32.1 Å². The zero-order valence-electron chi connectivity index (χ0n) is 23.7. The zero-order valence-corrected chi connectivity index (χ0v) is 25.4. The summed E-state index contributed by atoms with van der Waals surface area (Å²) < 4.78 is 16.1. The van der Waals surface area contributed by atoms with Crippen LogP contribution in [0, 0.1) is 0 Å². The Balaban J connectivity index is 2.37. The van der Waals surface area contributed by atoms with Crippen LogP contribution >= 0.6 is 21.6 Å². The molecule has 1 aliphatic heterocycles. The number of alkyl carbamates (subject to hydrolysis) is 1. The largest absolute Gasteiger partial charge is 0.533 e. The number of hydroxylamine groups is 2. The molecule has 2 unspecified atom stereocenters. The van der Waals surface area contributed by atoms with Gasteiger partial charge >= 0.3 is 12.2 Å². The molecule has 0 saturated carbocycles. The Morgan fingerprint density at radius 1 is 0.895 bits per heavy atom. The molecule has 0 radical (unpaired) electrons. The topological polar surface area (TPSA) is 120 Å². The maximum atomic E-state index is 12.3. The minimum Gasteiger partial charge on any atom is -0.450 e. The predicted octanol–water partition coefficient (Wildman–Crippen LogP) is 6.02. The molecule has 1 rings (SSSR count). The maximum Gasteiger partial charge on any atom is 0.533 e. The van der Waals surface area contributed by atoms with Crippen molar-refractivity contribution < 1.29 is 38.2 Å². The molecule has 1 N–H and O–H groups in total. The number of imide groups is 1. The van der Waals surface area contributed by atoms with Gasteiger partial charge < -0.3 is 19.5 Å². The highest BCUT2D eigenvalue weighted by atomic mass is 33.1. The van der Waals surface area contributed by atoms with E-state index in [4.69, 9.17) is 19.0 Å². The van der Waals surface area contributed by atoms with Gasteiger partial charge in [0.25, 0.3) is 11.8 Å². The maximum absolute atomic E-state index is 12.3. The predicted molar refractivity (Wildman–Crippen MR) is 150 cm³/mol. The lowest BCUT2D eigenvalue weighted by atomic mass is 10.0. The van der Waals surface area contributed by atoms with Crippen molar-refractivity contribution in [3.05, 3.63) is 0 Å². The average molecular weight is 579 g/mol. The first-order valence-corrected chi connectivity index (χ1v) is 15.8. The molecule has 2 atom stereocenters. The van der Waals surface area contributed by atoms with Crippen LogP contribution in [-0.4, -0.2) is 71.1 Å². The number of rotatable bonds is 19. The molecule has 220 valence electrons. The molecule has 10 nitrogen and oxygen atoms in total. The van der Waals surface area contributed by atoms with Gasteiger partial charge in [-0.25, -0.2) is 9.59 Å². The summed E-state index contributed by atoms with van der Waals surface area (Å²) in [5, 5.41) is 3.98. The van der Waals surface area contributed by atoms with Crippen LogP contribution in [0.4, 0.5) is 9.59 Å². The Morgan fingerprint density at radius 3 is 1.92 bits per heavy atom. The van der Waals surface area contributed by atoms with E-state index in [1.54, 1.807) is 21.6 Å². The van der Waals surface area contributed by atoms with Gasteiger partial charge in [-0.05, 0) is 59.8 Å². The standard InChI is InChI=1S/C26H46N2O8S2/c1-7-9-20(13-16-34-24(31)27-26(5,6)15-18-33-19(3)4)37-38-21(10-8-2)14-17-35-25(32)36-28-22(29)11-12-23(28)30/h19-21H,7-18H2,1-6H3,(H,27,31). The molecular formula is C26H46N2O8S2. The second-order valence-electron chi connectivity index (χ2n) is 10.2. The van der Waals surface area contributed by atoms with Crippen molar-refractivity contribution in [3.8, 4) is 0 Å². The third-order valence-electron chi connectivity index (χ3n) is 5.67. The molecule has 38 heavy (non-hydrogen) atoms. The van der Waals surface area contributed by atoms with Gasteiger partial charge in [0.05, 0.1) is 19.3 Å². The lowest BCUT2D eigenvalue weighted by Gasteiger charge is -2.26. The Morgan fingerprint density at radius 2 is 1.42 bits per heavy atom. The minimum absolute atomic E-state index is 0.0407. The van der Waals surface area contributed by atoms with Crippen LogP contribution < -0.4 is 5.32 Å². The van der Waals surface area contributed by atoms with Gasteiger partial charge in [-0.1, -0.05) is 53.3 Å². The number of hydrogen-bond acceptors (Lipinski definition) is 10. The van der Waals surface area contributed by atoms with E-state index in [2.05, 4.69) is 19.2 Å². The summed E-state index contributed by atoms with van der Waals surface area (Å²) >= 11 is 0. The number of hydrogen-bond donors (Lipinski definition) is 1. The molecule has 0 aromatic carbocycles. The molecule has 0 bridgehead atoms. The first-order chi connectivity index (χ1) is 18.0. The molecule has 12 heteroatoms. The molecule has 3 amide bonds. The van der Waals surface area contributed by atoms with Crippen LogP contribution in [0.3, 0.4) is 0 Å². The van der Waals surface area contributed by atoms with Crippen molar-refractivity contribution in [2.75, 3.05) is 19.8 Å². The van der Waals surface area contributed by atoms with Gasteiger partial charge in [-0.2, -0.15) is 0 Å². The van der Waals surface area contributed by atoms with E-state index >= 15 is 0 Å². The fourth-order valence-electron chi connectivity index (χ4n) is 3.52. The SMILES string of the molecule is CCCC(CCOC(=O)NC(C)(C)CCOC(C)C)SSC(CCC)CCOC(=O)ON1C(=O)CCC1=O. The number of ether oxygens (including phenoxy) is 3. The van der Waals surface area contributed by atoms with Crippen LogP contribution in [0.1, 0.15) is 99.3 Å². The van der Waals surface area contributed by atoms with Gasteiger partial charge in [0.2, 0.25) is 0 Å². The van der Waals surface area contributed by atoms with Crippen molar-refractivity contribution in [2.24, 2.45) is 0 Å². The Kier molecular flexibility index (Phi) is 16.8. The summed E-state index contributed by atoms with van der Waals surface area (Å²) in [5.74, 6) is -1.07. The molecule has 1 heterocycles. The quantitative estimate of drug-likeness (QED) is 0.111. The molecule has 0 aromatic heterocycles. The number of carbonyl (C=O) groups excluding carboxylic acids is 4. The molecule has 1 saturated heterocycles. The summed E-state index contributed by atoms with van der Waals surface area (Å²) in [6.45, 7) is 13.1. The van der Waals surface area contributed by atoms with E-state index in [1.807, 2.05) is 27.7 Å². The van der Waals surface area contributed by atoms with Gasteiger partial charge in [0, 0.05) is 35.5 Å². The smallest absolute Gasteiger partial charge is 0.450 e. The van der Waals surface area contributed by atoms with E-state index in [0.29, 0.717) is 36.4 Å². The van der Waals surface area contributed by atoms with Crippen LogP contribution in [0.25, 0.3) is 0 Å². The monoisotopic (exact) mass is 578 g/mol. The van der Waals surface area contributed by atoms with Crippen LogP contribution in [0.15, 0.2) is 0 Å². The Bertz CT molecular complexity index is 735. The summed E-state index contributed by atoms with van der Waals surface area (Å²) in [6, 6.07) is 0.